The highest BCUT2D eigenvalue weighted by atomic mass is 16.5. The summed E-state index contributed by atoms with van der Waals surface area (Å²) in [5.41, 5.74) is 0.281. The second kappa shape index (κ2) is 3.25. The Morgan fingerprint density at radius 3 is 2.75 bits per heavy atom. The number of aromatic nitrogens is 2. The van der Waals surface area contributed by atoms with Crippen molar-refractivity contribution in [1.82, 2.24) is 9.97 Å². The normalized spacial score (nSPS) is 12.0. The van der Waals surface area contributed by atoms with Crippen LogP contribution in [0.5, 0.6) is 0 Å². The molecule has 4 nitrogen and oxygen atoms in total. The predicted molar refractivity (Wildman–Crippen MR) is 44.5 cm³/mol. The fourth-order valence-electron chi connectivity index (χ4n) is 0.842. The molecule has 0 spiro atoms. The first kappa shape index (κ1) is 9.22. The zero-order valence-corrected chi connectivity index (χ0v) is 7.59. The van der Waals surface area contributed by atoms with E-state index >= 15 is 0 Å². The number of ether oxygens (including phenoxy) is 1. The smallest absolute Gasteiger partial charge is 0.138 e. The van der Waals surface area contributed by atoms with E-state index in [0.29, 0.717) is 5.69 Å². The summed E-state index contributed by atoms with van der Waals surface area (Å²) in [7, 11) is 1.63. The maximum atomic E-state index is 8.78. The second-order valence-corrected chi connectivity index (χ2v) is 3.13. The van der Waals surface area contributed by atoms with Crippen molar-refractivity contribution < 1.29 is 9.84 Å². The molecule has 0 atom stereocenters. The maximum absolute atomic E-state index is 8.78. The highest BCUT2D eigenvalue weighted by molar-refractivity contribution is 5.05. The first-order chi connectivity index (χ1) is 5.60. The zero-order chi connectivity index (χ0) is 9.19. The predicted octanol–water partition coefficient (Wildman–Crippen LogP) is 0.783. The van der Waals surface area contributed by atoms with Crippen LogP contribution in [0.4, 0.5) is 0 Å². The third-order valence-electron chi connectivity index (χ3n) is 1.88. The van der Waals surface area contributed by atoms with E-state index in [-0.39, 0.29) is 6.61 Å². The van der Waals surface area contributed by atoms with Crippen LogP contribution >= 0.6 is 0 Å². The van der Waals surface area contributed by atoms with E-state index in [1.165, 1.54) is 0 Å². The molecule has 1 aromatic rings. The Hall–Kier alpha value is -0.870. The number of hydrogen-bond donors (Lipinski definition) is 2. The number of aliphatic hydroxyl groups excluding tert-OH is 1. The Kier molecular flexibility index (Phi) is 2.49. The lowest BCUT2D eigenvalue weighted by Gasteiger charge is -2.19. The van der Waals surface area contributed by atoms with Gasteiger partial charge in [-0.05, 0) is 13.8 Å². The molecule has 1 aromatic heterocycles. The molecular formula is C8H14N2O2. The quantitative estimate of drug-likeness (QED) is 0.704. The van der Waals surface area contributed by atoms with Crippen molar-refractivity contribution >= 4 is 0 Å². The summed E-state index contributed by atoms with van der Waals surface area (Å²) in [4.78, 5) is 7.06. The van der Waals surface area contributed by atoms with Crippen molar-refractivity contribution in [3.05, 3.63) is 17.7 Å². The number of nitrogens with zero attached hydrogens (tertiary/aromatic N) is 1. The highest BCUT2D eigenvalue weighted by Gasteiger charge is 2.22. The summed E-state index contributed by atoms with van der Waals surface area (Å²) in [6.45, 7) is 3.80. The van der Waals surface area contributed by atoms with Crippen LogP contribution in [0, 0.1) is 0 Å². The molecule has 0 aliphatic rings. The van der Waals surface area contributed by atoms with Gasteiger partial charge in [0.2, 0.25) is 0 Å². The molecule has 0 fully saturated rings. The number of hydrogen-bond acceptors (Lipinski definition) is 3. The molecule has 0 aliphatic carbocycles. The van der Waals surface area contributed by atoms with Crippen LogP contribution in [-0.4, -0.2) is 22.2 Å². The number of methoxy groups -OCH3 is 1. The Morgan fingerprint density at radius 1 is 1.67 bits per heavy atom. The van der Waals surface area contributed by atoms with Gasteiger partial charge in [0.15, 0.2) is 0 Å². The minimum absolute atomic E-state index is 0.0210. The van der Waals surface area contributed by atoms with Crippen LogP contribution in [0.2, 0.25) is 0 Å². The van der Waals surface area contributed by atoms with Crippen molar-refractivity contribution in [3.63, 3.8) is 0 Å². The number of nitrogens with one attached hydrogen (secondary N) is 1. The number of aliphatic hydroxyl groups is 1. The molecule has 0 radical (unpaired) electrons. The molecule has 4 heteroatoms. The Morgan fingerprint density at radius 2 is 2.33 bits per heavy atom. The molecule has 2 N–H and O–H groups in total. The lowest BCUT2D eigenvalue weighted by Crippen LogP contribution is -2.21. The van der Waals surface area contributed by atoms with Gasteiger partial charge in [-0.3, -0.25) is 0 Å². The Labute approximate surface area is 71.6 Å². The first-order valence-electron chi connectivity index (χ1n) is 3.80. The minimum Gasteiger partial charge on any atom is -0.390 e. The van der Waals surface area contributed by atoms with Gasteiger partial charge in [0.1, 0.15) is 11.4 Å². The first-order valence-corrected chi connectivity index (χ1v) is 3.80. The second-order valence-electron chi connectivity index (χ2n) is 3.13. The van der Waals surface area contributed by atoms with Gasteiger partial charge < -0.3 is 14.8 Å². The Balaban J connectivity index is 2.88. The average Bonchev–Trinajstić information content (AvgIpc) is 2.52. The minimum atomic E-state index is -0.423. The number of rotatable bonds is 3. The van der Waals surface area contributed by atoms with Crippen LogP contribution in [0.3, 0.4) is 0 Å². The summed E-state index contributed by atoms with van der Waals surface area (Å²) >= 11 is 0. The van der Waals surface area contributed by atoms with Crippen LogP contribution in [0.1, 0.15) is 25.4 Å². The third kappa shape index (κ3) is 1.65. The lowest BCUT2D eigenvalue weighted by molar-refractivity contribution is 0.0120. The molecule has 0 saturated carbocycles. The molecule has 0 amide bonds. The molecule has 0 aliphatic heterocycles. The van der Waals surface area contributed by atoms with E-state index in [2.05, 4.69) is 9.97 Å². The van der Waals surface area contributed by atoms with Crippen LogP contribution in [0.15, 0.2) is 6.20 Å². The number of aromatic amines is 1. The van der Waals surface area contributed by atoms with Crippen LogP contribution < -0.4 is 0 Å². The summed E-state index contributed by atoms with van der Waals surface area (Å²) in [6.07, 6.45) is 1.61. The third-order valence-corrected chi connectivity index (χ3v) is 1.88. The van der Waals surface area contributed by atoms with Gasteiger partial charge in [0.05, 0.1) is 18.5 Å². The molecule has 68 valence electrons. The van der Waals surface area contributed by atoms with E-state index in [1.54, 1.807) is 13.3 Å². The summed E-state index contributed by atoms with van der Waals surface area (Å²) < 4.78 is 5.21. The molecule has 0 aromatic carbocycles. The topological polar surface area (TPSA) is 58.1 Å². The molecule has 1 rings (SSSR count). The van der Waals surface area contributed by atoms with Crippen molar-refractivity contribution in [3.8, 4) is 0 Å². The SMILES string of the molecule is COC(C)(C)c1ncc(CO)[nH]1. The van der Waals surface area contributed by atoms with Gasteiger partial charge in [-0.15, -0.1) is 0 Å². The molecule has 0 bridgehead atoms. The van der Waals surface area contributed by atoms with Gasteiger partial charge in [0, 0.05) is 7.11 Å². The fraction of sp³-hybridized carbons (Fsp3) is 0.625. The van der Waals surface area contributed by atoms with Gasteiger partial charge in [-0.1, -0.05) is 0 Å². The molecule has 1 heterocycles. The van der Waals surface area contributed by atoms with Gasteiger partial charge in [-0.25, -0.2) is 4.98 Å². The van der Waals surface area contributed by atoms with Crippen molar-refractivity contribution in [2.45, 2.75) is 26.1 Å². The molecular weight excluding hydrogens is 156 g/mol. The summed E-state index contributed by atoms with van der Waals surface area (Å²) in [6, 6.07) is 0. The lowest BCUT2D eigenvalue weighted by atomic mass is 10.1. The van der Waals surface area contributed by atoms with E-state index in [4.69, 9.17) is 9.84 Å². The van der Waals surface area contributed by atoms with Gasteiger partial charge >= 0.3 is 0 Å². The highest BCUT2D eigenvalue weighted by Crippen LogP contribution is 2.19. The zero-order valence-electron chi connectivity index (χ0n) is 7.59. The monoisotopic (exact) mass is 170 g/mol. The van der Waals surface area contributed by atoms with Crippen molar-refractivity contribution in [2.75, 3.05) is 7.11 Å². The maximum Gasteiger partial charge on any atom is 0.138 e. The average molecular weight is 170 g/mol. The molecule has 12 heavy (non-hydrogen) atoms. The number of imidazole rings is 1. The van der Waals surface area contributed by atoms with Gasteiger partial charge in [0.25, 0.3) is 0 Å². The largest absolute Gasteiger partial charge is 0.390 e. The van der Waals surface area contributed by atoms with E-state index in [1.807, 2.05) is 13.8 Å². The summed E-state index contributed by atoms with van der Waals surface area (Å²) in [5.74, 6) is 0.731. The standard InChI is InChI=1S/C8H14N2O2/c1-8(2,12-3)7-9-4-6(5-11)10-7/h4,11H,5H2,1-3H3,(H,9,10). The van der Waals surface area contributed by atoms with Gasteiger partial charge in [-0.2, -0.15) is 0 Å². The van der Waals surface area contributed by atoms with Crippen molar-refractivity contribution in [1.29, 1.82) is 0 Å². The molecule has 0 saturated heterocycles. The molecule has 0 unspecified atom stereocenters. The fourth-order valence-corrected chi connectivity index (χ4v) is 0.842. The van der Waals surface area contributed by atoms with E-state index in [9.17, 15) is 0 Å². The number of H-pyrrole nitrogens is 1. The van der Waals surface area contributed by atoms with Crippen LogP contribution in [-0.2, 0) is 16.9 Å². The van der Waals surface area contributed by atoms with E-state index in [0.717, 1.165) is 5.82 Å². The summed E-state index contributed by atoms with van der Waals surface area (Å²) in [5, 5.41) is 8.78. The Bertz CT molecular complexity index is 255. The van der Waals surface area contributed by atoms with Crippen molar-refractivity contribution in [2.24, 2.45) is 0 Å². The van der Waals surface area contributed by atoms with E-state index < -0.39 is 5.60 Å². The van der Waals surface area contributed by atoms with Crippen LogP contribution in [0.25, 0.3) is 0 Å².